The first-order valence-corrected chi connectivity index (χ1v) is 7.01. The number of hydrogen-bond donors (Lipinski definition) is 1. The minimum atomic E-state index is 0.750. The maximum atomic E-state index is 5.96. The van der Waals surface area contributed by atoms with Gasteiger partial charge in [0.1, 0.15) is 5.75 Å². The highest BCUT2D eigenvalue weighted by Crippen LogP contribution is 2.30. The van der Waals surface area contributed by atoms with Crippen LogP contribution in [0.5, 0.6) is 5.75 Å². The lowest BCUT2D eigenvalue weighted by Gasteiger charge is -2.20. The lowest BCUT2D eigenvalue weighted by atomic mass is 10.1. The minimum absolute atomic E-state index is 0.750. The minimum Gasteiger partial charge on any atom is -0.493 e. The predicted molar refractivity (Wildman–Crippen MR) is 77.3 cm³/mol. The Balaban J connectivity index is 2.10. The first-order valence-electron chi connectivity index (χ1n) is 7.01. The van der Waals surface area contributed by atoms with Crippen molar-refractivity contribution in [1.29, 1.82) is 0 Å². The van der Waals surface area contributed by atoms with E-state index in [9.17, 15) is 0 Å². The summed E-state index contributed by atoms with van der Waals surface area (Å²) in [5.74, 6) is 1.72. The van der Waals surface area contributed by atoms with Crippen molar-refractivity contribution in [3.05, 3.63) is 18.2 Å². The molecule has 1 aromatic carbocycles. The van der Waals surface area contributed by atoms with Crippen molar-refractivity contribution < 1.29 is 4.74 Å². The summed E-state index contributed by atoms with van der Waals surface area (Å²) >= 11 is 0. The molecule has 1 aromatic rings. The Bertz CT molecular complexity index is 392. The van der Waals surface area contributed by atoms with Crippen LogP contribution in [-0.4, -0.2) is 19.7 Å². The Hall–Kier alpha value is -1.38. The molecule has 0 aromatic heterocycles. The lowest BCUT2D eigenvalue weighted by molar-refractivity contribution is 0.317. The zero-order valence-electron chi connectivity index (χ0n) is 11.5. The van der Waals surface area contributed by atoms with Crippen LogP contribution in [0.15, 0.2) is 18.2 Å². The van der Waals surface area contributed by atoms with Gasteiger partial charge in [0.15, 0.2) is 0 Å². The first kappa shape index (κ1) is 13.1. The van der Waals surface area contributed by atoms with Crippen LogP contribution in [-0.2, 0) is 0 Å². The summed E-state index contributed by atoms with van der Waals surface area (Å²) < 4.78 is 5.68. The SMILES string of the molecule is CCCOc1cc(N)cc(N2CCC(CC)C2)c1. The van der Waals surface area contributed by atoms with E-state index in [1.807, 2.05) is 6.07 Å². The molecule has 1 aliphatic heterocycles. The fraction of sp³-hybridized carbons (Fsp3) is 0.600. The maximum Gasteiger partial charge on any atom is 0.123 e. The first-order chi connectivity index (χ1) is 8.72. The van der Waals surface area contributed by atoms with Gasteiger partial charge in [-0.2, -0.15) is 0 Å². The van der Waals surface area contributed by atoms with E-state index < -0.39 is 0 Å². The fourth-order valence-electron chi connectivity index (χ4n) is 2.49. The fourth-order valence-corrected chi connectivity index (χ4v) is 2.49. The van der Waals surface area contributed by atoms with Gasteiger partial charge < -0.3 is 15.4 Å². The maximum absolute atomic E-state index is 5.96. The van der Waals surface area contributed by atoms with Crippen molar-refractivity contribution in [3.8, 4) is 5.75 Å². The average Bonchev–Trinajstić information content (AvgIpc) is 2.84. The van der Waals surface area contributed by atoms with Gasteiger partial charge in [-0.1, -0.05) is 20.3 Å². The number of ether oxygens (including phenoxy) is 1. The van der Waals surface area contributed by atoms with E-state index in [0.29, 0.717) is 0 Å². The number of rotatable bonds is 5. The smallest absolute Gasteiger partial charge is 0.123 e. The molecule has 100 valence electrons. The highest BCUT2D eigenvalue weighted by atomic mass is 16.5. The third kappa shape index (κ3) is 3.09. The monoisotopic (exact) mass is 248 g/mol. The Labute approximate surface area is 110 Å². The largest absolute Gasteiger partial charge is 0.493 e. The molecule has 3 nitrogen and oxygen atoms in total. The highest BCUT2D eigenvalue weighted by molar-refractivity contribution is 5.61. The summed E-state index contributed by atoms with van der Waals surface area (Å²) in [6, 6.07) is 6.08. The van der Waals surface area contributed by atoms with Gasteiger partial charge in [-0.3, -0.25) is 0 Å². The number of anilines is 2. The van der Waals surface area contributed by atoms with Gasteiger partial charge in [0, 0.05) is 36.6 Å². The molecule has 1 atom stereocenters. The Morgan fingerprint density at radius 3 is 2.83 bits per heavy atom. The molecule has 0 bridgehead atoms. The van der Waals surface area contributed by atoms with Crippen molar-refractivity contribution in [2.24, 2.45) is 5.92 Å². The number of nitrogen functional groups attached to an aromatic ring is 1. The summed E-state index contributed by atoms with van der Waals surface area (Å²) in [4.78, 5) is 2.42. The number of nitrogens with two attached hydrogens (primary N) is 1. The molecule has 1 aliphatic rings. The lowest BCUT2D eigenvalue weighted by Crippen LogP contribution is -2.19. The van der Waals surface area contributed by atoms with Crippen LogP contribution in [0.1, 0.15) is 33.1 Å². The molecule has 1 unspecified atom stereocenters. The van der Waals surface area contributed by atoms with Crippen LogP contribution >= 0.6 is 0 Å². The molecule has 3 heteroatoms. The molecule has 1 saturated heterocycles. The van der Waals surface area contributed by atoms with Crippen molar-refractivity contribution in [1.82, 2.24) is 0 Å². The summed E-state index contributed by atoms with van der Waals surface area (Å²) in [7, 11) is 0. The van der Waals surface area contributed by atoms with Gasteiger partial charge in [-0.05, 0) is 24.8 Å². The van der Waals surface area contributed by atoms with E-state index in [1.54, 1.807) is 0 Å². The Kier molecular flexibility index (Phi) is 4.34. The van der Waals surface area contributed by atoms with E-state index in [1.165, 1.54) is 18.5 Å². The molecule has 0 amide bonds. The van der Waals surface area contributed by atoms with Crippen LogP contribution in [0.2, 0.25) is 0 Å². The third-order valence-electron chi connectivity index (χ3n) is 3.61. The number of benzene rings is 1. The second-order valence-corrected chi connectivity index (χ2v) is 5.12. The van der Waals surface area contributed by atoms with Gasteiger partial charge >= 0.3 is 0 Å². The molecule has 0 radical (unpaired) electrons. The quantitative estimate of drug-likeness (QED) is 0.813. The highest BCUT2D eigenvalue weighted by Gasteiger charge is 2.21. The molecule has 2 rings (SSSR count). The van der Waals surface area contributed by atoms with E-state index in [-0.39, 0.29) is 0 Å². The number of hydrogen-bond acceptors (Lipinski definition) is 3. The summed E-state index contributed by atoms with van der Waals surface area (Å²) in [5, 5.41) is 0. The van der Waals surface area contributed by atoms with Gasteiger partial charge in [-0.25, -0.2) is 0 Å². The zero-order chi connectivity index (χ0) is 13.0. The van der Waals surface area contributed by atoms with E-state index in [0.717, 1.165) is 43.5 Å². The van der Waals surface area contributed by atoms with Gasteiger partial charge in [0.05, 0.1) is 6.61 Å². The predicted octanol–water partition coefficient (Wildman–Crippen LogP) is 3.29. The molecular weight excluding hydrogens is 224 g/mol. The second kappa shape index (κ2) is 5.98. The molecule has 1 fully saturated rings. The summed E-state index contributed by atoms with van der Waals surface area (Å²) in [6.07, 6.45) is 3.57. The molecule has 0 aliphatic carbocycles. The topological polar surface area (TPSA) is 38.5 Å². The Morgan fingerprint density at radius 2 is 2.17 bits per heavy atom. The van der Waals surface area contributed by atoms with Crippen LogP contribution in [0, 0.1) is 5.92 Å². The second-order valence-electron chi connectivity index (χ2n) is 5.12. The van der Waals surface area contributed by atoms with Gasteiger partial charge in [0.25, 0.3) is 0 Å². The van der Waals surface area contributed by atoms with Gasteiger partial charge in [-0.15, -0.1) is 0 Å². The van der Waals surface area contributed by atoms with Crippen molar-refractivity contribution in [2.45, 2.75) is 33.1 Å². The zero-order valence-corrected chi connectivity index (χ0v) is 11.5. The van der Waals surface area contributed by atoms with Crippen LogP contribution in [0.4, 0.5) is 11.4 Å². The van der Waals surface area contributed by atoms with Crippen molar-refractivity contribution in [3.63, 3.8) is 0 Å². The molecule has 1 heterocycles. The van der Waals surface area contributed by atoms with Crippen molar-refractivity contribution >= 4 is 11.4 Å². The molecule has 2 N–H and O–H groups in total. The molecule has 0 saturated carbocycles. The van der Waals surface area contributed by atoms with E-state index >= 15 is 0 Å². The standard InChI is InChI=1S/C15H24N2O/c1-3-7-18-15-9-13(16)8-14(10-15)17-6-5-12(4-2)11-17/h8-10,12H,3-7,11,16H2,1-2H3. The molecular formula is C15H24N2O. The molecule has 18 heavy (non-hydrogen) atoms. The third-order valence-corrected chi connectivity index (χ3v) is 3.61. The van der Waals surface area contributed by atoms with Gasteiger partial charge in [0.2, 0.25) is 0 Å². The van der Waals surface area contributed by atoms with Crippen LogP contribution < -0.4 is 15.4 Å². The number of nitrogens with zero attached hydrogens (tertiary/aromatic N) is 1. The van der Waals surface area contributed by atoms with Crippen LogP contribution in [0.3, 0.4) is 0 Å². The van der Waals surface area contributed by atoms with Crippen LogP contribution in [0.25, 0.3) is 0 Å². The summed E-state index contributed by atoms with van der Waals surface area (Å²) in [6.45, 7) is 7.41. The Morgan fingerprint density at radius 1 is 1.33 bits per heavy atom. The van der Waals surface area contributed by atoms with E-state index in [4.69, 9.17) is 10.5 Å². The summed E-state index contributed by atoms with van der Waals surface area (Å²) in [5.41, 5.74) is 7.96. The van der Waals surface area contributed by atoms with Crippen molar-refractivity contribution in [2.75, 3.05) is 30.3 Å². The normalized spacial score (nSPS) is 19.2. The average molecular weight is 248 g/mol. The van der Waals surface area contributed by atoms with E-state index in [2.05, 4.69) is 30.9 Å². The molecule has 0 spiro atoms.